The van der Waals surface area contributed by atoms with E-state index in [1.807, 2.05) is 19.1 Å². The SMILES string of the molecule is CCCCC(CC)COc1ccc(-c2nnc(C)s2)cc1. The number of nitrogens with zero attached hydrogens (tertiary/aromatic N) is 2. The Bertz CT molecular complexity index is 536. The molecule has 1 unspecified atom stereocenters. The van der Waals surface area contributed by atoms with E-state index in [9.17, 15) is 0 Å². The number of aryl methyl sites for hydroxylation is 1. The summed E-state index contributed by atoms with van der Waals surface area (Å²) in [5, 5.41) is 10.2. The Morgan fingerprint density at radius 1 is 1.14 bits per heavy atom. The molecule has 2 aromatic rings. The number of benzene rings is 1. The smallest absolute Gasteiger partial charge is 0.147 e. The van der Waals surface area contributed by atoms with Crippen molar-refractivity contribution in [1.82, 2.24) is 10.2 Å². The number of unbranched alkanes of at least 4 members (excludes halogenated alkanes) is 1. The average molecular weight is 304 g/mol. The van der Waals surface area contributed by atoms with Crippen LogP contribution >= 0.6 is 11.3 Å². The maximum absolute atomic E-state index is 5.92. The van der Waals surface area contributed by atoms with Crippen molar-refractivity contribution in [2.75, 3.05) is 6.61 Å². The average Bonchev–Trinajstić information content (AvgIpc) is 2.94. The standard InChI is InChI=1S/C17H24N2OS/c1-4-6-7-14(5-2)12-20-16-10-8-15(9-11-16)17-19-18-13(3)21-17/h8-11,14H,4-7,12H2,1-3H3. The van der Waals surface area contributed by atoms with Gasteiger partial charge in [0.1, 0.15) is 15.8 Å². The summed E-state index contributed by atoms with van der Waals surface area (Å²) in [6, 6.07) is 8.17. The largest absolute Gasteiger partial charge is 0.493 e. The van der Waals surface area contributed by atoms with Crippen molar-refractivity contribution in [3.8, 4) is 16.3 Å². The summed E-state index contributed by atoms with van der Waals surface area (Å²) < 4.78 is 5.92. The molecule has 2 rings (SSSR count). The molecule has 0 amide bonds. The lowest BCUT2D eigenvalue weighted by Gasteiger charge is -2.15. The lowest BCUT2D eigenvalue weighted by Crippen LogP contribution is -2.11. The van der Waals surface area contributed by atoms with Crippen molar-refractivity contribution in [2.24, 2.45) is 5.92 Å². The van der Waals surface area contributed by atoms with Gasteiger partial charge in [-0.1, -0.05) is 44.4 Å². The molecule has 4 heteroatoms. The Kier molecular flexibility index (Phi) is 6.18. The van der Waals surface area contributed by atoms with Gasteiger partial charge in [0.2, 0.25) is 0 Å². The van der Waals surface area contributed by atoms with Gasteiger partial charge in [-0.05, 0) is 43.5 Å². The molecular weight excluding hydrogens is 280 g/mol. The van der Waals surface area contributed by atoms with Crippen molar-refractivity contribution in [1.29, 1.82) is 0 Å². The summed E-state index contributed by atoms with van der Waals surface area (Å²) in [6.45, 7) is 7.26. The van der Waals surface area contributed by atoms with E-state index in [1.54, 1.807) is 11.3 Å². The molecule has 114 valence electrons. The van der Waals surface area contributed by atoms with E-state index in [0.717, 1.165) is 27.9 Å². The highest BCUT2D eigenvalue weighted by Gasteiger charge is 2.08. The number of aromatic nitrogens is 2. The zero-order valence-electron chi connectivity index (χ0n) is 13.1. The molecule has 3 nitrogen and oxygen atoms in total. The zero-order chi connectivity index (χ0) is 15.1. The topological polar surface area (TPSA) is 35.0 Å². The molecule has 1 aromatic heterocycles. The third-order valence-electron chi connectivity index (χ3n) is 3.66. The van der Waals surface area contributed by atoms with Gasteiger partial charge in [0.15, 0.2) is 0 Å². The molecule has 0 saturated carbocycles. The highest BCUT2D eigenvalue weighted by Crippen LogP contribution is 2.25. The summed E-state index contributed by atoms with van der Waals surface area (Å²) in [5.74, 6) is 1.60. The fraction of sp³-hybridized carbons (Fsp3) is 0.529. The number of ether oxygens (including phenoxy) is 1. The van der Waals surface area contributed by atoms with Gasteiger partial charge in [0.25, 0.3) is 0 Å². The Hall–Kier alpha value is -1.42. The monoisotopic (exact) mass is 304 g/mol. The van der Waals surface area contributed by atoms with Gasteiger partial charge in [-0.25, -0.2) is 0 Å². The van der Waals surface area contributed by atoms with Crippen LogP contribution in [0.2, 0.25) is 0 Å². The molecular formula is C17H24N2OS. The zero-order valence-corrected chi connectivity index (χ0v) is 13.9. The summed E-state index contributed by atoms with van der Waals surface area (Å²) >= 11 is 1.61. The van der Waals surface area contributed by atoms with Gasteiger partial charge in [0, 0.05) is 5.56 Å². The Labute approximate surface area is 131 Å². The first-order valence-corrected chi connectivity index (χ1v) is 8.58. The molecule has 21 heavy (non-hydrogen) atoms. The minimum Gasteiger partial charge on any atom is -0.493 e. The van der Waals surface area contributed by atoms with Crippen LogP contribution in [0.25, 0.3) is 10.6 Å². The molecule has 1 aromatic carbocycles. The summed E-state index contributed by atoms with van der Waals surface area (Å²) in [4.78, 5) is 0. The van der Waals surface area contributed by atoms with Gasteiger partial charge in [0.05, 0.1) is 6.61 Å². The van der Waals surface area contributed by atoms with Crippen molar-refractivity contribution in [3.63, 3.8) is 0 Å². The molecule has 0 fully saturated rings. The van der Waals surface area contributed by atoms with Gasteiger partial charge in [-0.15, -0.1) is 10.2 Å². The Morgan fingerprint density at radius 2 is 1.90 bits per heavy atom. The molecule has 1 atom stereocenters. The third-order valence-corrected chi connectivity index (χ3v) is 4.54. The minimum absolute atomic E-state index is 0.662. The second-order valence-electron chi connectivity index (χ2n) is 5.38. The Balaban J connectivity index is 1.90. The highest BCUT2D eigenvalue weighted by molar-refractivity contribution is 7.14. The van der Waals surface area contributed by atoms with Crippen LogP contribution < -0.4 is 4.74 Å². The van der Waals surface area contributed by atoms with Gasteiger partial charge in [-0.2, -0.15) is 0 Å². The van der Waals surface area contributed by atoms with E-state index in [0.29, 0.717) is 5.92 Å². The summed E-state index contributed by atoms with van der Waals surface area (Å²) in [6.07, 6.45) is 4.99. The molecule has 0 spiro atoms. The van der Waals surface area contributed by atoms with Crippen LogP contribution in [0.15, 0.2) is 24.3 Å². The number of hydrogen-bond acceptors (Lipinski definition) is 4. The second kappa shape index (κ2) is 8.13. The highest BCUT2D eigenvalue weighted by atomic mass is 32.1. The fourth-order valence-corrected chi connectivity index (χ4v) is 2.92. The maximum atomic E-state index is 5.92. The van der Waals surface area contributed by atoms with Crippen LogP contribution in [-0.4, -0.2) is 16.8 Å². The quantitative estimate of drug-likeness (QED) is 0.680. The molecule has 0 N–H and O–H groups in total. The molecule has 0 radical (unpaired) electrons. The molecule has 0 aliphatic carbocycles. The maximum Gasteiger partial charge on any atom is 0.147 e. The van der Waals surface area contributed by atoms with Crippen LogP contribution in [0.1, 0.15) is 44.5 Å². The predicted molar refractivity (Wildman–Crippen MR) is 88.9 cm³/mol. The lowest BCUT2D eigenvalue weighted by atomic mass is 10.0. The van der Waals surface area contributed by atoms with Gasteiger partial charge in [-0.3, -0.25) is 0 Å². The molecule has 0 aliphatic rings. The third kappa shape index (κ3) is 4.81. The fourth-order valence-electron chi connectivity index (χ4n) is 2.22. The van der Waals surface area contributed by atoms with Crippen molar-refractivity contribution in [2.45, 2.75) is 46.5 Å². The lowest BCUT2D eigenvalue weighted by molar-refractivity contribution is 0.233. The van der Waals surface area contributed by atoms with Crippen LogP contribution in [0.4, 0.5) is 0 Å². The van der Waals surface area contributed by atoms with Crippen molar-refractivity contribution < 1.29 is 4.74 Å². The summed E-state index contributed by atoms with van der Waals surface area (Å²) in [7, 11) is 0. The first-order chi connectivity index (χ1) is 10.2. The second-order valence-corrected chi connectivity index (χ2v) is 6.56. The van der Waals surface area contributed by atoms with Gasteiger partial charge >= 0.3 is 0 Å². The number of rotatable bonds is 8. The van der Waals surface area contributed by atoms with Crippen LogP contribution in [-0.2, 0) is 0 Å². The molecule has 0 saturated heterocycles. The Morgan fingerprint density at radius 3 is 2.48 bits per heavy atom. The van der Waals surface area contributed by atoms with E-state index < -0.39 is 0 Å². The minimum atomic E-state index is 0.662. The van der Waals surface area contributed by atoms with E-state index in [2.05, 4.69) is 36.2 Å². The molecule has 1 heterocycles. The van der Waals surface area contributed by atoms with Gasteiger partial charge < -0.3 is 4.74 Å². The summed E-state index contributed by atoms with van der Waals surface area (Å²) in [5.41, 5.74) is 1.10. The van der Waals surface area contributed by atoms with E-state index in [-0.39, 0.29) is 0 Å². The number of hydrogen-bond donors (Lipinski definition) is 0. The first kappa shape index (κ1) is 16.0. The van der Waals surface area contributed by atoms with E-state index in [1.165, 1.54) is 25.7 Å². The first-order valence-electron chi connectivity index (χ1n) is 7.76. The molecule has 0 aliphatic heterocycles. The molecule has 0 bridgehead atoms. The predicted octanol–water partition coefficient (Wildman–Crippen LogP) is 5.11. The normalized spacial score (nSPS) is 12.3. The van der Waals surface area contributed by atoms with Crippen LogP contribution in [0.3, 0.4) is 0 Å². The van der Waals surface area contributed by atoms with Crippen molar-refractivity contribution in [3.05, 3.63) is 29.3 Å². The van der Waals surface area contributed by atoms with Crippen LogP contribution in [0.5, 0.6) is 5.75 Å². The van der Waals surface area contributed by atoms with Crippen molar-refractivity contribution >= 4 is 11.3 Å². The van der Waals surface area contributed by atoms with E-state index >= 15 is 0 Å². The van der Waals surface area contributed by atoms with Crippen LogP contribution in [0, 0.1) is 12.8 Å². The van der Waals surface area contributed by atoms with E-state index in [4.69, 9.17) is 4.74 Å².